The van der Waals surface area contributed by atoms with Gasteiger partial charge in [-0.25, -0.2) is 4.98 Å². The van der Waals surface area contributed by atoms with Crippen LogP contribution in [0.25, 0.3) is 10.2 Å². The zero-order valence-corrected chi connectivity index (χ0v) is 19.0. The van der Waals surface area contributed by atoms with E-state index in [1.807, 2.05) is 12.1 Å². The van der Waals surface area contributed by atoms with E-state index in [4.69, 9.17) is 4.74 Å². The van der Waals surface area contributed by atoms with Crippen molar-refractivity contribution >= 4 is 55.8 Å². The molecule has 0 saturated heterocycles. The maximum absolute atomic E-state index is 13.0. The normalized spacial score (nSPS) is 13.7. The molecular formula is C25H20N4O4S. The largest absolute Gasteiger partial charge is 0.482 e. The van der Waals surface area contributed by atoms with Crippen molar-refractivity contribution in [1.29, 1.82) is 0 Å². The van der Waals surface area contributed by atoms with Crippen molar-refractivity contribution in [1.82, 2.24) is 4.98 Å². The smallest absolute Gasteiger partial charge is 0.265 e. The van der Waals surface area contributed by atoms with Gasteiger partial charge in [0.05, 0.1) is 15.9 Å². The minimum atomic E-state index is -0.740. The average Bonchev–Trinajstić information content (AvgIpc) is 3.25. The number of hydrogen-bond donors (Lipinski definition) is 2. The number of nitrogens with one attached hydrogen (secondary N) is 2. The molecule has 0 unspecified atom stereocenters. The molecule has 0 bridgehead atoms. The first-order valence-corrected chi connectivity index (χ1v) is 11.4. The number of para-hydroxylation sites is 2. The van der Waals surface area contributed by atoms with Crippen molar-refractivity contribution in [2.45, 2.75) is 13.0 Å². The van der Waals surface area contributed by atoms with Crippen molar-refractivity contribution < 1.29 is 19.1 Å². The molecule has 2 N–H and O–H groups in total. The summed E-state index contributed by atoms with van der Waals surface area (Å²) < 4.78 is 6.27. The second-order valence-corrected chi connectivity index (χ2v) is 8.74. The Hall–Kier alpha value is -4.24. The van der Waals surface area contributed by atoms with E-state index in [0.717, 1.165) is 4.70 Å². The summed E-state index contributed by atoms with van der Waals surface area (Å²) in [5.74, 6) is -0.278. The lowest BCUT2D eigenvalue weighted by molar-refractivity contribution is -0.125. The van der Waals surface area contributed by atoms with Gasteiger partial charge in [-0.05, 0) is 49.4 Å². The number of fused-ring (bicyclic) bond motifs is 2. The molecule has 3 aromatic carbocycles. The summed E-state index contributed by atoms with van der Waals surface area (Å²) in [7, 11) is 0. The zero-order chi connectivity index (χ0) is 23.7. The van der Waals surface area contributed by atoms with Crippen molar-refractivity contribution in [2.75, 3.05) is 22.1 Å². The monoisotopic (exact) mass is 472 g/mol. The summed E-state index contributed by atoms with van der Waals surface area (Å²) >= 11 is 1.31. The number of carbonyl (C=O) groups excluding carboxylic acids is 3. The molecule has 1 aromatic heterocycles. The Morgan fingerprint density at radius 2 is 1.79 bits per heavy atom. The van der Waals surface area contributed by atoms with E-state index in [-0.39, 0.29) is 24.3 Å². The van der Waals surface area contributed by atoms with Crippen LogP contribution in [-0.4, -0.2) is 35.4 Å². The Morgan fingerprint density at radius 3 is 2.62 bits per heavy atom. The first-order valence-electron chi connectivity index (χ1n) is 10.6. The number of carbonyl (C=O) groups is 3. The van der Waals surface area contributed by atoms with Gasteiger partial charge in [0, 0.05) is 11.3 Å². The molecule has 1 atom stereocenters. The van der Waals surface area contributed by atoms with Gasteiger partial charge in [0.2, 0.25) is 5.91 Å². The Morgan fingerprint density at radius 1 is 1.03 bits per heavy atom. The molecule has 4 aromatic rings. The number of benzene rings is 3. The number of hydrogen-bond acceptors (Lipinski definition) is 6. The van der Waals surface area contributed by atoms with Crippen LogP contribution in [0.4, 0.5) is 16.5 Å². The molecule has 0 spiro atoms. The number of rotatable bonds is 5. The van der Waals surface area contributed by atoms with Crippen molar-refractivity contribution in [3.63, 3.8) is 0 Å². The fourth-order valence-corrected chi connectivity index (χ4v) is 4.63. The minimum Gasteiger partial charge on any atom is -0.482 e. The Kier molecular flexibility index (Phi) is 5.69. The number of thiazole rings is 1. The summed E-state index contributed by atoms with van der Waals surface area (Å²) in [5, 5.41) is 6.15. The maximum atomic E-state index is 13.0. The topological polar surface area (TPSA) is 101 Å². The molecule has 9 heteroatoms. The number of anilines is 3. The molecule has 0 radical (unpaired) electrons. The molecule has 170 valence electrons. The Bertz CT molecular complexity index is 1400. The maximum Gasteiger partial charge on any atom is 0.265 e. The minimum absolute atomic E-state index is 0.112. The van der Waals surface area contributed by atoms with Crippen LogP contribution < -0.4 is 20.3 Å². The predicted octanol–water partition coefficient (Wildman–Crippen LogP) is 4.30. The van der Waals surface area contributed by atoms with Crippen LogP contribution in [0.5, 0.6) is 5.75 Å². The lowest BCUT2D eigenvalue weighted by Crippen LogP contribution is -2.49. The average molecular weight is 473 g/mol. The van der Waals surface area contributed by atoms with Gasteiger partial charge in [0.1, 0.15) is 11.8 Å². The van der Waals surface area contributed by atoms with Crippen LogP contribution in [-0.2, 0) is 9.59 Å². The summed E-state index contributed by atoms with van der Waals surface area (Å²) in [6.07, 6.45) is 0. The second-order valence-electron chi connectivity index (χ2n) is 7.71. The molecule has 2 heterocycles. The second kappa shape index (κ2) is 8.95. The van der Waals surface area contributed by atoms with Crippen LogP contribution in [0.2, 0.25) is 0 Å². The van der Waals surface area contributed by atoms with Gasteiger partial charge in [-0.15, -0.1) is 0 Å². The van der Waals surface area contributed by atoms with E-state index < -0.39 is 6.04 Å². The predicted molar refractivity (Wildman–Crippen MR) is 132 cm³/mol. The Balaban J connectivity index is 1.31. The lowest BCUT2D eigenvalue weighted by Gasteiger charge is -2.33. The molecule has 8 nitrogen and oxygen atoms in total. The highest BCUT2D eigenvalue weighted by Crippen LogP contribution is 2.33. The Labute approximate surface area is 199 Å². The van der Waals surface area contributed by atoms with Gasteiger partial charge < -0.3 is 10.1 Å². The molecule has 5 rings (SSSR count). The van der Waals surface area contributed by atoms with E-state index in [1.54, 1.807) is 67.6 Å². The number of ether oxygens (including phenoxy) is 1. The van der Waals surface area contributed by atoms with Gasteiger partial charge in [0.15, 0.2) is 11.7 Å². The molecule has 1 aliphatic rings. The van der Waals surface area contributed by atoms with Gasteiger partial charge in [-0.3, -0.25) is 24.6 Å². The SMILES string of the molecule is C[C@H](C(=O)Nc1ccc2nc(NC(=O)c3ccccc3)sc2c1)N1C(=O)COc2ccccc21. The summed E-state index contributed by atoms with van der Waals surface area (Å²) in [4.78, 5) is 43.8. The summed E-state index contributed by atoms with van der Waals surface area (Å²) in [5.41, 5.74) is 2.39. The van der Waals surface area contributed by atoms with Crippen molar-refractivity contribution in [2.24, 2.45) is 0 Å². The highest BCUT2D eigenvalue weighted by atomic mass is 32.1. The highest BCUT2D eigenvalue weighted by Gasteiger charge is 2.32. The van der Waals surface area contributed by atoms with Crippen LogP contribution in [0.3, 0.4) is 0 Å². The third kappa shape index (κ3) is 4.20. The standard InChI is InChI=1S/C25H20N4O4S/c1-15(29-19-9-5-6-10-20(19)33-14-22(29)30)23(31)26-17-11-12-18-21(13-17)34-25(27-18)28-24(32)16-7-3-2-4-8-16/h2-13,15H,14H2,1H3,(H,26,31)(H,27,28,32)/t15-/m1/s1. The molecule has 0 aliphatic carbocycles. The third-order valence-electron chi connectivity index (χ3n) is 5.42. The molecule has 0 saturated carbocycles. The van der Waals surface area contributed by atoms with Crippen LogP contribution in [0, 0.1) is 0 Å². The van der Waals surface area contributed by atoms with Crippen LogP contribution >= 0.6 is 11.3 Å². The molecule has 0 fully saturated rings. The van der Waals surface area contributed by atoms with Gasteiger partial charge in [-0.2, -0.15) is 0 Å². The molecule has 1 aliphatic heterocycles. The molecule has 34 heavy (non-hydrogen) atoms. The molecule has 3 amide bonds. The van der Waals surface area contributed by atoms with Crippen molar-refractivity contribution in [3.8, 4) is 5.75 Å². The lowest BCUT2D eigenvalue weighted by atomic mass is 10.1. The number of nitrogens with zero attached hydrogens (tertiary/aromatic N) is 2. The summed E-state index contributed by atoms with van der Waals surface area (Å²) in [6, 6.07) is 20.6. The van der Waals surface area contributed by atoms with E-state index in [1.165, 1.54) is 16.2 Å². The van der Waals surface area contributed by atoms with Gasteiger partial charge >= 0.3 is 0 Å². The number of amides is 3. The first-order chi connectivity index (χ1) is 16.5. The van der Waals surface area contributed by atoms with E-state index in [2.05, 4.69) is 15.6 Å². The van der Waals surface area contributed by atoms with Crippen LogP contribution in [0.15, 0.2) is 72.8 Å². The van der Waals surface area contributed by atoms with Gasteiger partial charge in [-0.1, -0.05) is 41.7 Å². The third-order valence-corrected chi connectivity index (χ3v) is 6.36. The fourth-order valence-electron chi connectivity index (χ4n) is 3.72. The quantitative estimate of drug-likeness (QED) is 0.451. The van der Waals surface area contributed by atoms with Crippen molar-refractivity contribution in [3.05, 3.63) is 78.4 Å². The first kappa shape index (κ1) is 21.6. The van der Waals surface area contributed by atoms with E-state index >= 15 is 0 Å². The van der Waals surface area contributed by atoms with Crippen LogP contribution in [0.1, 0.15) is 17.3 Å². The number of aromatic nitrogens is 1. The van der Waals surface area contributed by atoms with E-state index in [9.17, 15) is 14.4 Å². The molecular weight excluding hydrogens is 452 g/mol. The fraction of sp³-hybridized carbons (Fsp3) is 0.120. The highest BCUT2D eigenvalue weighted by molar-refractivity contribution is 7.22. The van der Waals surface area contributed by atoms with Gasteiger partial charge in [0.25, 0.3) is 11.8 Å². The van der Waals surface area contributed by atoms with E-state index in [0.29, 0.717) is 33.3 Å². The zero-order valence-electron chi connectivity index (χ0n) is 18.1. The summed E-state index contributed by atoms with van der Waals surface area (Å²) in [6.45, 7) is 1.57.